The van der Waals surface area contributed by atoms with Gasteiger partial charge in [-0.05, 0) is 30.5 Å². The third-order valence-electron chi connectivity index (χ3n) is 3.44. The van der Waals surface area contributed by atoms with Crippen LogP contribution in [0.1, 0.15) is 24.8 Å². The number of carbonyl (C=O) groups is 2. The Morgan fingerprint density at radius 2 is 2.05 bits per heavy atom. The maximum atomic E-state index is 12.2. The summed E-state index contributed by atoms with van der Waals surface area (Å²) in [7, 11) is 0. The first-order chi connectivity index (χ1) is 9.06. The van der Waals surface area contributed by atoms with E-state index in [-0.39, 0.29) is 18.4 Å². The van der Waals surface area contributed by atoms with Crippen molar-refractivity contribution in [1.29, 1.82) is 0 Å². The van der Waals surface area contributed by atoms with E-state index >= 15 is 0 Å². The summed E-state index contributed by atoms with van der Waals surface area (Å²) >= 11 is 0. The highest BCUT2D eigenvalue weighted by Crippen LogP contribution is 2.28. The molecule has 2 amide bonds. The second kappa shape index (κ2) is 5.73. The summed E-state index contributed by atoms with van der Waals surface area (Å²) in [6.07, 6.45) is 2.90. The van der Waals surface area contributed by atoms with Crippen LogP contribution < -0.4 is 11.5 Å². The lowest BCUT2D eigenvalue weighted by atomic mass is 9.84. The Morgan fingerprint density at radius 3 is 2.58 bits per heavy atom. The molecule has 1 aromatic rings. The van der Waals surface area contributed by atoms with E-state index < -0.39 is 5.91 Å². The van der Waals surface area contributed by atoms with E-state index in [1.54, 1.807) is 6.07 Å². The minimum Gasteiger partial charge on any atom is -0.399 e. The standard InChI is InChI=1S/C14H19N3O2/c15-12-6-1-3-10(7-12)8-17(9-13(16)18)14(19)11-4-2-5-11/h1,3,6-7,11H,2,4-5,8-9,15H2,(H2,16,18). The summed E-state index contributed by atoms with van der Waals surface area (Å²) in [5.41, 5.74) is 12.5. The van der Waals surface area contributed by atoms with Gasteiger partial charge in [-0.25, -0.2) is 0 Å². The lowest BCUT2D eigenvalue weighted by Gasteiger charge is -2.31. The van der Waals surface area contributed by atoms with Gasteiger partial charge in [-0.2, -0.15) is 0 Å². The van der Waals surface area contributed by atoms with E-state index in [1.807, 2.05) is 18.2 Å². The lowest BCUT2D eigenvalue weighted by Crippen LogP contribution is -2.43. The molecule has 0 unspecified atom stereocenters. The van der Waals surface area contributed by atoms with Crippen LogP contribution in [0.2, 0.25) is 0 Å². The van der Waals surface area contributed by atoms with Gasteiger partial charge >= 0.3 is 0 Å². The lowest BCUT2D eigenvalue weighted by molar-refractivity contribution is -0.141. The Labute approximate surface area is 112 Å². The molecule has 19 heavy (non-hydrogen) atoms. The summed E-state index contributed by atoms with van der Waals surface area (Å²) in [5, 5.41) is 0. The third kappa shape index (κ3) is 3.47. The van der Waals surface area contributed by atoms with Crippen LogP contribution in [0.3, 0.4) is 0 Å². The van der Waals surface area contributed by atoms with Gasteiger partial charge in [-0.1, -0.05) is 18.6 Å². The first-order valence-corrected chi connectivity index (χ1v) is 6.48. The Morgan fingerprint density at radius 1 is 1.32 bits per heavy atom. The monoisotopic (exact) mass is 261 g/mol. The third-order valence-corrected chi connectivity index (χ3v) is 3.44. The second-order valence-corrected chi connectivity index (χ2v) is 5.03. The predicted molar refractivity (Wildman–Crippen MR) is 72.8 cm³/mol. The van der Waals surface area contributed by atoms with Crippen LogP contribution >= 0.6 is 0 Å². The van der Waals surface area contributed by atoms with Crippen molar-refractivity contribution in [3.05, 3.63) is 29.8 Å². The van der Waals surface area contributed by atoms with Gasteiger partial charge < -0.3 is 16.4 Å². The number of anilines is 1. The normalized spacial score (nSPS) is 14.7. The molecule has 0 bridgehead atoms. The highest BCUT2D eigenvalue weighted by atomic mass is 16.2. The molecule has 5 heteroatoms. The summed E-state index contributed by atoms with van der Waals surface area (Å²) < 4.78 is 0. The van der Waals surface area contributed by atoms with Gasteiger partial charge in [0.2, 0.25) is 11.8 Å². The zero-order valence-electron chi connectivity index (χ0n) is 10.8. The molecule has 1 aliphatic rings. The largest absolute Gasteiger partial charge is 0.399 e. The average Bonchev–Trinajstić information content (AvgIpc) is 2.25. The minimum atomic E-state index is -0.489. The number of primary amides is 1. The molecule has 2 rings (SSSR count). The number of nitrogens with zero attached hydrogens (tertiary/aromatic N) is 1. The fourth-order valence-corrected chi connectivity index (χ4v) is 2.23. The van der Waals surface area contributed by atoms with E-state index in [9.17, 15) is 9.59 Å². The van der Waals surface area contributed by atoms with Crippen molar-refractivity contribution in [2.24, 2.45) is 11.7 Å². The van der Waals surface area contributed by atoms with Crippen LogP contribution in [-0.4, -0.2) is 23.3 Å². The van der Waals surface area contributed by atoms with Crippen LogP contribution in [0.25, 0.3) is 0 Å². The highest BCUT2D eigenvalue weighted by molar-refractivity contribution is 5.85. The van der Waals surface area contributed by atoms with Gasteiger partial charge in [0.25, 0.3) is 0 Å². The number of amides is 2. The molecule has 0 aromatic heterocycles. The number of carbonyl (C=O) groups excluding carboxylic acids is 2. The quantitative estimate of drug-likeness (QED) is 0.771. The van der Waals surface area contributed by atoms with E-state index in [4.69, 9.17) is 11.5 Å². The number of hydrogen-bond acceptors (Lipinski definition) is 3. The Bertz CT molecular complexity index is 483. The fourth-order valence-electron chi connectivity index (χ4n) is 2.23. The molecule has 5 nitrogen and oxygen atoms in total. The van der Waals surface area contributed by atoms with E-state index in [2.05, 4.69) is 0 Å². The molecule has 0 heterocycles. The zero-order chi connectivity index (χ0) is 13.8. The summed E-state index contributed by atoms with van der Waals surface area (Å²) in [6, 6.07) is 7.32. The Hall–Kier alpha value is -2.04. The molecule has 0 aliphatic heterocycles. The van der Waals surface area contributed by atoms with E-state index in [0.717, 1.165) is 24.8 Å². The van der Waals surface area contributed by atoms with Crippen molar-refractivity contribution in [3.63, 3.8) is 0 Å². The van der Waals surface area contributed by atoms with Gasteiger partial charge in [0.15, 0.2) is 0 Å². The van der Waals surface area contributed by atoms with Crippen LogP contribution in [0.5, 0.6) is 0 Å². The summed E-state index contributed by atoms with van der Waals surface area (Å²) in [4.78, 5) is 24.9. The predicted octanol–water partition coefficient (Wildman–Crippen LogP) is 0.883. The molecular formula is C14H19N3O2. The molecule has 0 radical (unpaired) electrons. The van der Waals surface area contributed by atoms with Crippen molar-refractivity contribution < 1.29 is 9.59 Å². The number of nitrogens with two attached hydrogens (primary N) is 2. The molecule has 1 fully saturated rings. The van der Waals surface area contributed by atoms with E-state index in [0.29, 0.717) is 12.2 Å². The number of nitrogen functional groups attached to an aromatic ring is 1. The van der Waals surface area contributed by atoms with Crippen LogP contribution in [0.15, 0.2) is 24.3 Å². The first-order valence-electron chi connectivity index (χ1n) is 6.48. The van der Waals surface area contributed by atoms with Crippen LogP contribution in [0, 0.1) is 5.92 Å². The van der Waals surface area contributed by atoms with Crippen molar-refractivity contribution >= 4 is 17.5 Å². The Kier molecular flexibility index (Phi) is 4.04. The first kappa shape index (κ1) is 13.4. The molecular weight excluding hydrogens is 242 g/mol. The van der Waals surface area contributed by atoms with Crippen LogP contribution in [0.4, 0.5) is 5.69 Å². The van der Waals surface area contributed by atoms with Gasteiger partial charge in [-0.15, -0.1) is 0 Å². The maximum Gasteiger partial charge on any atom is 0.237 e. The van der Waals surface area contributed by atoms with Crippen LogP contribution in [-0.2, 0) is 16.1 Å². The average molecular weight is 261 g/mol. The summed E-state index contributed by atoms with van der Waals surface area (Å²) in [6.45, 7) is 0.341. The SMILES string of the molecule is NC(=O)CN(Cc1cccc(N)c1)C(=O)C1CCC1. The van der Waals surface area contributed by atoms with Crippen molar-refractivity contribution in [2.45, 2.75) is 25.8 Å². The van der Waals surface area contributed by atoms with Gasteiger partial charge in [0, 0.05) is 18.2 Å². The molecule has 4 N–H and O–H groups in total. The molecule has 1 saturated carbocycles. The molecule has 0 saturated heterocycles. The zero-order valence-corrected chi connectivity index (χ0v) is 10.8. The van der Waals surface area contributed by atoms with Gasteiger partial charge in [0.05, 0.1) is 6.54 Å². The van der Waals surface area contributed by atoms with Crippen molar-refractivity contribution in [2.75, 3.05) is 12.3 Å². The summed E-state index contributed by atoms with van der Waals surface area (Å²) in [5.74, 6) is -0.413. The van der Waals surface area contributed by atoms with Crippen molar-refractivity contribution in [3.8, 4) is 0 Å². The smallest absolute Gasteiger partial charge is 0.237 e. The van der Waals surface area contributed by atoms with Gasteiger partial charge in [-0.3, -0.25) is 9.59 Å². The molecule has 102 valence electrons. The second-order valence-electron chi connectivity index (χ2n) is 5.03. The van der Waals surface area contributed by atoms with Gasteiger partial charge in [0.1, 0.15) is 0 Å². The molecule has 1 aliphatic carbocycles. The molecule has 0 atom stereocenters. The van der Waals surface area contributed by atoms with Crippen molar-refractivity contribution in [1.82, 2.24) is 4.90 Å². The topological polar surface area (TPSA) is 89.4 Å². The Balaban J connectivity index is 2.08. The van der Waals surface area contributed by atoms with E-state index in [1.165, 1.54) is 4.90 Å². The number of benzene rings is 1. The molecule has 0 spiro atoms. The fraction of sp³-hybridized carbons (Fsp3) is 0.429. The number of rotatable bonds is 5. The number of hydrogen-bond donors (Lipinski definition) is 2. The molecule has 1 aromatic carbocycles. The minimum absolute atomic E-state index is 0.0208. The maximum absolute atomic E-state index is 12.2. The highest BCUT2D eigenvalue weighted by Gasteiger charge is 2.30.